The van der Waals surface area contributed by atoms with Crippen molar-refractivity contribution in [3.63, 3.8) is 0 Å². The second-order valence-electron chi connectivity index (χ2n) is 4.36. The minimum atomic E-state index is -0.262. The quantitative estimate of drug-likeness (QED) is 0.788. The predicted molar refractivity (Wildman–Crippen MR) is 62.8 cm³/mol. The fourth-order valence-corrected chi connectivity index (χ4v) is 2.20. The van der Waals surface area contributed by atoms with Crippen LogP contribution in [0.25, 0.3) is 0 Å². The van der Waals surface area contributed by atoms with Gasteiger partial charge in [0.1, 0.15) is 0 Å². The summed E-state index contributed by atoms with van der Waals surface area (Å²) in [6, 6.07) is 2.94. The molecular weight excluding hydrogens is 220 g/mol. The lowest BCUT2D eigenvalue weighted by Gasteiger charge is -2.16. The highest BCUT2D eigenvalue weighted by atomic mass is 16.3. The zero-order valence-corrected chi connectivity index (χ0v) is 9.56. The highest BCUT2D eigenvalue weighted by Gasteiger charge is 2.26. The molecule has 92 valence electrons. The predicted octanol–water partition coefficient (Wildman–Crippen LogP) is 0.219. The molecule has 17 heavy (non-hydrogen) atoms. The van der Waals surface area contributed by atoms with Gasteiger partial charge in [-0.15, -0.1) is 0 Å². The number of nitrogens with one attached hydrogen (secondary N) is 1. The van der Waals surface area contributed by atoms with Gasteiger partial charge in [-0.25, -0.2) is 0 Å². The number of amides is 1. The van der Waals surface area contributed by atoms with Crippen molar-refractivity contribution in [1.29, 1.82) is 0 Å². The van der Waals surface area contributed by atoms with E-state index in [0.29, 0.717) is 24.6 Å². The molecule has 1 saturated heterocycles. The molecule has 1 aromatic heterocycles. The number of rotatable bonds is 3. The van der Waals surface area contributed by atoms with Crippen LogP contribution in [-0.2, 0) is 0 Å². The summed E-state index contributed by atoms with van der Waals surface area (Å²) in [5.41, 5.74) is 0.167. The second kappa shape index (κ2) is 5.14. The number of aromatic nitrogens is 1. The van der Waals surface area contributed by atoms with E-state index in [0.717, 1.165) is 12.8 Å². The minimum absolute atomic E-state index is 0.100. The lowest BCUT2D eigenvalue weighted by Crippen LogP contribution is -2.29. The fourth-order valence-electron chi connectivity index (χ4n) is 2.20. The van der Waals surface area contributed by atoms with E-state index in [1.54, 1.807) is 11.0 Å². The van der Waals surface area contributed by atoms with Gasteiger partial charge in [-0.3, -0.25) is 9.59 Å². The standard InChI is InChI=1S/C12H16N2O3/c15-6-3-9-2-5-14(8-9)12(17)10-1-4-13-11(16)7-10/h1,4,7,9,15H,2-3,5-6,8H2,(H,13,16). The minimum Gasteiger partial charge on any atom is -0.396 e. The number of likely N-dealkylation sites (tertiary alicyclic amines) is 1. The molecule has 1 amide bonds. The van der Waals surface area contributed by atoms with Crippen LogP contribution in [0.1, 0.15) is 23.2 Å². The first-order valence-electron chi connectivity index (χ1n) is 5.79. The average Bonchev–Trinajstić information content (AvgIpc) is 2.77. The largest absolute Gasteiger partial charge is 0.396 e. The molecule has 1 unspecified atom stereocenters. The monoisotopic (exact) mass is 236 g/mol. The summed E-state index contributed by atoms with van der Waals surface area (Å²) in [5, 5.41) is 8.86. The molecule has 2 N–H and O–H groups in total. The number of carbonyl (C=O) groups excluding carboxylic acids is 1. The Bertz CT molecular complexity index is 455. The number of carbonyl (C=O) groups is 1. The fraction of sp³-hybridized carbons (Fsp3) is 0.500. The van der Waals surface area contributed by atoms with Crippen molar-refractivity contribution in [3.05, 3.63) is 34.2 Å². The normalized spacial score (nSPS) is 19.6. The van der Waals surface area contributed by atoms with Gasteiger partial charge in [-0.05, 0) is 24.8 Å². The van der Waals surface area contributed by atoms with Gasteiger partial charge in [0.2, 0.25) is 5.56 Å². The molecule has 2 rings (SSSR count). The molecule has 0 aromatic carbocycles. The summed E-state index contributed by atoms with van der Waals surface area (Å²) in [5.74, 6) is 0.280. The molecule has 0 aliphatic carbocycles. The van der Waals surface area contributed by atoms with E-state index in [1.807, 2.05) is 0 Å². The van der Waals surface area contributed by atoms with Gasteiger partial charge in [-0.2, -0.15) is 0 Å². The Hall–Kier alpha value is -1.62. The molecule has 1 aliphatic heterocycles. The Kier molecular flexibility index (Phi) is 3.58. The van der Waals surface area contributed by atoms with Crippen molar-refractivity contribution < 1.29 is 9.90 Å². The second-order valence-corrected chi connectivity index (χ2v) is 4.36. The topological polar surface area (TPSA) is 73.4 Å². The molecule has 0 saturated carbocycles. The van der Waals surface area contributed by atoms with Gasteiger partial charge < -0.3 is 15.0 Å². The Morgan fingerprint density at radius 2 is 2.41 bits per heavy atom. The first kappa shape index (κ1) is 11.9. The van der Waals surface area contributed by atoms with Crippen molar-refractivity contribution in [2.45, 2.75) is 12.8 Å². The number of nitrogens with zero attached hydrogens (tertiary/aromatic N) is 1. The number of aromatic amines is 1. The molecule has 1 fully saturated rings. The Labute approximate surface area is 99.1 Å². The highest BCUT2D eigenvalue weighted by molar-refractivity contribution is 5.94. The smallest absolute Gasteiger partial charge is 0.254 e. The summed E-state index contributed by atoms with van der Waals surface area (Å²) in [6.07, 6.45) is 3.14. The molecule has 1 aromatic rings. The van der Waals surface area contributed by atoms with Gasteiger partial charge in [0.15, 0.2) is 0 Å². The summed E-state index contributed by atoms with van der Waals surface area (Å²) in [7, 11) is 0. The van der Waals surface area contributed by atoms with Crippen LogP contribution in [0.3, 0.4) is 0 Å². The van der Waals surface area contributed by atoms with Crippen LogP contribution in [0.2, 0.25) is 0 Å². The van der Waals surface area contributed by atoms with Crippen LogP contribution >= 0.6 is 0 Å². The highest BCUT2D eigenvalue weighted by Crippen LogP contribution is 2.20. The van der Waals surface area contributed by atoms with E-state index in [9.17, 15) is 9.59 Å². The zero-order valence-electron chi connectivity index (χ0n) is 9.56. The number of hydrogen-bond donors (Lipinski definition) is 2. The maximum atomic E-state index is 12.1. The Balaban J connectivity index is 2.04. The van der Waals surface area contributed by atoms with E-state index in [1.165, 1.54) is 12.3 Å². The molecule has 2 heterocycles. The van der Waals surface area contributed by atoms with E-state index in [-0.39, 0.29) is 18.1 Å². The van der Waals surface area contributed by atoms with Crippen LogP contribution in [0.5, 0.6) is 0 Å². The van der Waals surface area contributed by atoms with Gasteiger partial charge in [0.05, 0.1) is 0 Å². The lowest BCUT2D eigenvalue weighted by molar-refractivity contribution is 0.0784. The van der Waals surface area contributed by atoms with Crippen LogP contribution < -0.4 is 5.56 Å². The summed E-state index contributed by atoms with van der Waals surface area (Å²) in [6.45, 7) is 1.54. The molecule has 0 spiro atoms. The average molecular weight is 236 g/mol. The number of hydrogen-bond acceptors (Lipinski definition) is 3. The van der Waals surface area contributed by atoms with Crippen molar-refractivity contribution in [3.8, 4) is 0 Å². The third-order valence-electron chi connectivity index (χ3n) is 3.13. The molecule has 0 bridgehead atoms. The summed E-state index contributed by atoms with van der Waals surface area (Å²) >= 11 is 0. The number of aliphatic hydroxyl groups excluding tert-OH is 1. The summed E-state index contributed by atoms with van der Waals surface area (Å²) < 4.78 is 0. The molecule has 0 radical (unpaired) electrons. The number of pyridine rings is 1. The third-order valence-corrected chi connectivity index (χ3v) is 3.13. The van der Waals surface area contributed by atoms with Crippen molar-refractivity contribution in [2.75, 3.05) is 19.7 Å². The van der Waals surface area contributed by atoms with Gasteiger partial charge in [-0.1, -0.05) is 0 Å². The number of H-pyrrole nitrogens is 1. The van der Waals surface area contributed by atoms with Crippen LogP contribution in [0.4, 0.5) is 0 Å². The summed E-state index contributed by atoms with van der Waals surface area (Å²) in [4.78, 5) is 27.4. The molecule has 5 heteroatoms. The molecule has 1 aliphatic rings. The van der Waals surface area contributed by atoms with Crippen LogP contribution in [0, 0.1) is 5.92 Å². The van der Waals surface area contributed by atoms with Gasteiger partial charge >= 0.3 is 0 Å². The first-order chi connectivity index (χ1) is 8.20. The Morgan fingerprint density at radius 3 is 3.12 bits per heavy atom. The van der Waals surface area contributed by atoms with Crippen molar-refractivity contribution >= 4 is 5.91 Å². The van der Waals surface area contributed by atoms with E-state index in [2.05, 4.69) is 4.98 Å². The SMILES string of the molecule is O=C(c1cc[nH]c(=O)c1)N1CCC(CCO)C1. The van der Waals surface area contributed by atoms with Crippen molar-refractivity contribution in [1.82, 2.24) is 9.88 Å². The first-order valence-corrected chi connectivity index (χ1v) is 5.79. The maximum absolute atomic E-state index is 12.1. The van der Waals surface area contributed by atoms with Gasteiger partial charge in [0.25, 0.3) is 5.91 Å². The molecular formula is C12H16N2O3. The van der Waals surface area contributed by atoms with E-state index < -0.39 is 0 Å². The maximum Gasteiger partial charge on any atom is 0.254 e. The zero-order chi connectivity index (χ0) is 12.3. The van der Waals surface area contributed by atoms with Crippen LogP contribution in [0.15, 0.2) is 23.1 Å². The van der Waals surface area contributed by atoms with E-state index >= 15 is 0 Å². The lowest BCUT2D eigenvalue weighted by atomic mass is 10.1. The van der Waals surface area contributed by atoms with Crippen molar-refractivity contribution in [2.24, 2.45) is 5.92 Å². The van der Waals surface area contributed by atoms with E-state index in [4.69, 9.17) is 5.11 Å². The molecule has 5 nitrogen and oxygen atoms in total. The Morgan fingerprint density at radius 1 is 1.59 bits per heavy atom. The number of aliphatic hydroxyl groups is 1. The third kappa shape index (κ3) is 2.74. The van der Waals surface area contributed by atoms with Crippen LogP contribution in [-0.4, -0.2) is 40.6 Å². The van der Waals surface area contributed by atoms with Gasteiger partial charge in [0, 0.05) is 37.5 Å². The molecule has 1 atom stereocenters.